The normalized spacial score (nSPS) is 14.3. The Morgan fingerprint density at radius 3 is 2.50 bits per heavy atom. The van der Waals surface area contributed by atoms with Crippen LogP contribution in [-0.2, 0) is 30.6 Å². The van der Waals surface area contributed by atoms with Gasteiger partial charge >= 0.3 is 0 Å². The van der Waals surface area contributed by atoms with E-state index in [9.17, 15) is 0 Å². The van der Waals surface area contributed by atoms with Crippen LogP contribution >= 0.6 is 0 Å². The van der Waals surface area contributed by atoms with Gasteiger partial charge in [0, 0.05) is 13.7 Å². The molecule has 0 saturated heterocycles. The van der Waals surface area contributed by atoms with E-state index in [-0.39, 0.29) is 0 Å². The lowest BCUT2D eigenvalue weighted by Crippen LogP contribution is -2.15. The molecule has 1 aliphatic carbocycles. The highest BCUT2D eigenvalue weighted by Crippen LogP contribution is 2.36. The van der Waals surface area contributed by atoms with Crippen molar-refractivity contribution >= 4 is 21.5 Å². The number of benzene rings is 3. The largest absolute Gasteiger partial charge is 0.380 e. The molecule has 136 valence electrons. The van der Waals surface area contributed by atoms with Gasteiger partial charge < -0.3 is 9.64 Å². The molecule has 0 atom stereocenters. The van der Waals surface area contributed by atoms with Gasteiger partial charge in [-0.25, -0.2) is 0 Å². The summed E-state index contributed by atoms with van der Waals surface area (Å²) in [4.78, 5) is 2.25. The van der Waals surface area contributed by atoms with Crippen LogP contribution in [0.5, 0.6) is 0 Å². The predicted molar refractivity (Wildman–Crippen MR) is 111 cm³/mol. The van der Waals surface area contributed by atoms with Gasteiger partial charge in [0.05, 0.1) is 6.61 Å². The summed E-state index contributed by atoms with van der Waals surface area (Å²) in [5, 5.41) is 5.58. The van der Waals surface area contributed by atoms with Gasteiger partial charge in [-0.15, -0.1) is 0 Å². The Morgan fingerprint density at radius 2 is 1.69 bits per heavy atom. The molecule has 4 rings (SSSR count). The van der Waals surface area contributed by atoms with Crippen LogP contribution in [0.1, 0.15) is 35.1 Å². The zero-order valence-corrected chi connectivity index (χ0v) is 16.3. The first-order valence-corrected chi connectivity index (χ1v) is 9.80. The second kappa shape index (κ2) is 7.38. The number of likely N-dealkylation sites (N-methyl/N-ethyl adjacent to an activating group) is 1. The molecule has 2 nitrogen and oxygen atoms in total. The lowest BCUT2D eigenvalue weighted by Gasteiger charge is -2.20. The molecule has 0 radical (unpaired) electrons. The van der Waals surface area contributed by atoms with E-state index in [2.05, 4.69) is 55.4 Å². The van der Waals surface area contributed by atoms with Gasteiger partial charge in [-0.3, -0.25) is 0 Å². The molecule has 3 aromatic rings. The highest BCUT2D eigenvalue weighted by Gasteiger charge is 2.16. The van der Waals surface area contributed by atoms with Crippen LogP contribution in [0.2, 0.25) is 0 Å². The third-order valence-corrected chi connectivity index (χ3v) is 5.76. The van der Waals surface area contributed by atoms with Gasteiger partial charge in [-0.2, -0.15) is 0 Å². The summed E-state index contributed by atoms with van der Waals surface area (Å²) in [7, 11) is 6.07. The van der Waals surface area contributed by atoms with Gasteiger partial charge in [0.15, 0.2) is 0 Å². The first-order chi connectivity index (χ1) is 12.7. The maximum absolute atomic E-state index is 5.53. The van der Waals surface area contributed by atoms with E-state index in [1.165, 1.54) is 58.4 Å². The fraction of sp³-hybridized carbons (Fsp3) is 0.417. The number of hydrogen-bond donors (Lipinski definition) is 0. The van der Waals surface area contributed by atoms with Gasteiger partial charge in [0.25, 0.3) is 0 Å². The van der Waals surface area contributed by atoms with Crippen molar-refractivity contribution in [1.82, 2.24) is 4.90 Å². The minimum atomic E-state index is 0.674. The van der Waals surface area contributed by atoms with Crippen LogP contribution < -0.4 is 0 Å². The summed E-state index contributed by atoms with van der Waals surface area (Å²) in [5.41, 5.74) is 5.86. The molecule has 0 spiro atoms. The van der Waals surface area contributed by atoms with Crippen molar-refractivity contribution in [3.63, 3.8) is 0 Å². The molecular formula is C24H29NO. The molecule has 0 unspecified atom stereocenters. The number of rotatable bonds is 5. The summed E-state index contributed by atoms with van der Waals surface area (Å²) in [6.45, 7) is 1.75. The Labute approximate surface area is 156 Å². The first kappa shape index (κ1) is 17.5. The van der Waals surface area contributed by atoms with Crippen molar-refractivity contribution in [1.29, 1.82) is 0 Å². The average molecular weight is 348 g/mol. The second-order valence-electron chi connectivity index (χ2n) is 7.91. The van der Waals surface area contributed by atoms with Crippen molar-refractivity contribution in [2.75, 3.05) is 27.7 Å². The molecule has 0 N–H and O–H groups in total. The smallest absolute Gasteiger partial charge is 0.0719 e. The first-order valence-electron chi connectivity index (χ1n) is 9.80. The van der Waals surface area contributed by atoms with Crippen molar-refractivity contribution in [2.24, 2.45) is 0 Å². The fourth-order valence-electron chi connectivity index (χ4n) is 4.39. The molecule has 0 aromatic heterocycles. The summed E-state index contributed by atoms with van der Waals surface area (Å²) in [6, 6.07) is 14.1. The minimum Gasteiger partial charge on any atom is -0.380 e. The summed E-state index contributed by atoms with van der Waals surface area (Å²) in [6.07, 6.45) is 6.17. The molecule has 1 aliphatic rings. The Morgan fingerprint density at radius 1 is 0.885 bits per heavy atom. The SMILES string of the molecule is COCc1cc2c3c(ccc2c2cc(CCN(C)C)ccc12)CCCC3. The topological polar surface area (TPSA) is 12.5 Å². The Balaban J connectivity index is 1.94. The van der Waals surface area contributed by atoms with Crippen molar-refractivity contribution in [2.45, 2.75) is 38.7 Å². The predicted octanol–water partition coefficient (Wildman–Crippen LogP) is 5.12. The Bertz CT molecular complexity index is 942. The standard InChI is InChI=1S/C24H29NO/c1-25(2)13-12-17-8-10-21-19(16-26-3)15-24-20-7-5-4-6-18(20)9-11-22(24)23(21)14-17/h8-11,14-15H,4-7,12-13,16H2,1-3H3. The maximum Gasteiger partial charge on any atom is 0.0719 e. The van der Waals surface area contributed by atoms with Gasteiger partial charge in [0.2, 0.25) is 0 Å². The van der Waals surface area contributed by atoms with Crippen molar-refractivity contribution in [3.05, 3.63) is 58.7 Å². The van der Waals surface area contributed by atoms with E-state index in [0.717, 1.165) is 13.0 Å². The van der Waals surface area contributed by atoms with Gasteiger partial charge in [-0.05, 0) is 96.1 Å². The van der Waals surface area contributed by atoms with Gasteiger partial charge in [0.1, 0.15) is 0 Å². The summed E-state index contributed by atoms with van der Waals surface area (Å²) < 4.78 is 5.53. The lowest BCUT2D eigenvalue weighted by atomic mass is 9.85. The van der Waals surface area contributed by atoms with Crippen LogP contribution in [0.4, 0.5) is 0 Å². The maximum atomic E-state index is 5.53. The molecule has 0 amide bonds. The summed E-state index contributed by atoms with van der Waals surface area (Å²) in [5.74, 6) is 0. The number of hydrogen-bond acceptors (Lipinski definition) is 2. The molecule has 2 heteroatoms. The number of nitrogens with zero attached hydrogens (tertiary/aromatic N) is 1. The van der Waals surface area contributed by atoms with E-state index in [4.69, 9.17) is 4.74 Å². The Hall–Kier alpha value is -1.90. The molecule has 3 aromatic carbocycles. The number of fused-ring (bicyclic) bond motifs is 5. The lowest BCUT2D eigenvalue weighted by molar-refractivity contribution is 0.186. The summed E-state index contributed by atoms with van der Waals surface area (Å²) >= 11 is 0. The van der Waals surface area contributed by atoms with Crippen LogP contribution in [0.25, 0.3) is 21.5 Å². The van der Waals surface area contributed by atoms with E-state index in [1.54, 1.807) is 18.2 Å². The minimum absolute atomic E-state index is 0.674. The van der Waals surface area contributed by atoms with Crippen molar-refractivity contribution < 1.29 is 4.74 Å². The zero-order chi connectivity index (χ0) is 18.1. The van der Waals surface area contributed by atoms with E-state index < -0.39 is 0 Å². The fourth-order valence-corrected chi connectivity index (χ4v) is 4.39. The monoisotopic (exact) mass is 347 g/mol. The molecule has 0 saturated carbocycles. The van der Waals surface area contributed by atoms with E-state index >= 15 is 0 Å². The van der Waals surface area contributed by atoms with E-state index in [1.807, 2.05) is 0 Å². The third-order valence-electron chi connectivity index (χ3n) is 5.76. The number of methoxy groups -OCH3 is 1. The Kier molecular flexibility index (Phi) is 4.97. The molecular weight excluding hydrogens is 318 g/mol. The third kappa shape index (κ3) is 3.24. The zero-order valence-electron chi connectivity index (χ0n) is 16.3. The molecule has 26 heavy (non-hydrogen) atoms. The number of aryl methyl sites for hydroxylation is 2. The second-order valence-corrected chi connectivity index (χ2v) is 7.91. The van der Waals surface area contributed by atoms with E-state index in [0.29, 0.717) is 6.61 Å². The van der Waals surface area contributed by atoms with Crippen LogP contribution in [0.15, 0.2) is 36.4 Å². The van der Waals surface area contributed by atoms with Crippen LogP contribution in [0.3, 0.4) is 0 Å². The van der Waals surface area contributed by atoms with Crippen LogP contribution in [-0.4, -0.2) is 32.6 Å². The highest BCUT2D eigenvalue weighted by atomic mass is 16.5. The molecule has 0 bridgehead atoms. The molecule has 0 aliphatic heterocycles. The van der Waals surface area contributed by atoms with Crippen LogP contribution in [0, 0.1) is 0 Å². The quantitative estimate of drug-likeness (QED) is 0.594. The highest BCUT2D eigenvalue weighted by molar-refractivity contribution is 6.10. The number of ether oxygens (including phenoxy) is 1. The van der Waals surface area contributed by atoms with Gasteiger partial charge in [-0.1, -0.05) is 30.3 Å². The van der Waals surface area contributed by atoms with Crippen molar-refractivity contribution in [3.8, 4) is 0 Å². The average Bonchev–Trinajstić information content (AvgIpc) is 2.66. The molecule has 0 heterocycles. The molecule has 0 fully saturated rings.